The molecule has 0 aliphatic carbocycles. The number of nitrogens with one attached hydrogen (secondary N) is 1. The van der Waals surface area contributed by atoms with Gasteiger partial charge in [-0.3, -0.25) is 4.79 Å². The van der Waals surface area contributed by atoms with E-state index in [2.05, 4.69) is 5.32 Å². The highest BCUT2D eigenvalue weighted by atomic mass is 32.2. The van der Waals surface area contributed by atoms with Gasteiger partial charge in [-0.2, -0.15) is 0 Å². The van der Waals surface area contributed by atoms with Crippen LogP contribution in [0.2, 0.25) is 0 Å². The van der Waals surface area contributed by atoms with Crippen LogP contribution in [0.25, 0.3) is 0 Å². The lowest BCUT2D eigenvalue weighted by molar-refractivity contribution is -0.124. The topological polar surface area (TPSA) is 80.3 Å². The van der Waals surface area contributed by atoms with E-state index in [4.69, 9.17) is 0 Å². The van der Waals surface area contributed by atoms with Crippen molar-refractivity contribution >= 4 is 21.5 Å². The number of carbonyl (C=O) groups is 2. The molecule has 1 saturated heterocycles. The zero-order valence-corrected chi connectivity index (χ0v) is 10.2. The first-order valence-corrected chi connectivity index (χ1v) is 7.11. The maximum Gasteiger partial charge on any atom is 0.220 e. The zero-order valence-electron chi connectivity index (χ0n) is 9.36. The summed E-state index contributed by atoms with van der Waals surface area (Å²) in [6.45, 7) is 1.60. The van der Waals surface area contributed by atoms with Crippen LogP contribution in [0.1, 0.15) is 32.6 Å². The van der Waals surface area contributed by atoms with Crippen molar-refractivity contribution in [2.75, 3.05) is 12.3 Å². The molecule has 1 atom stereocenters. The molecule has 0 bridgehead atoms. The second kappa shape index (κ2) is 5.43. The molecule has 0 aromatic carbocycles. The number of sulfone groups is 1. The SMILES string of the molecule is CC(=O)CCC(=O)NCC1CCCS1(=O)=O. The van der Waals surface area contributed by atoms with E-state index in [0.29, 0.717) is 12.8 Å². The third-order valence-corrected chi connectivity index (χ3v) is 4.97. The van der Waals surface area contributed by atoms with Gasteiger partial charge in [0.15, 0.2) is 9.84 Å². The molecular weight excluding hydrogens is 230 g/mol. The van der Waals surface area contributed by atoms with Crippen LogP contribution >= 0.6 is 0 Å². The number of ketones is 1. The Morgan fingerprint density at radius 3 is 2.50 bits per heavy atom. The number of hydrogen-bond acceptors (Lipinski definition) is 4. The summed E-state index contributed by atoms with van der Waals surface area (Å²) < 4.78 is 22.9. The Balaban J connectivity index is 2.29. The molecule has 1 unspecified atom stereocenters. The summed E-state index contributed by atoms with van der Waals surface area (Å²) in [4.78, 5) is 21.9. The van der Waals surface area contributed by atoms with E-state index < -0.39 is 15.1 Å². The van der Waals surface area contributed by atoms with Gasteiger partial charge in [-0.05, 0) is 19.8 Å². The van der Waals surface area contributed by atoms with E-state index in [1.165, 1.54) is 6.92 Å². The molecule has 16 heavy (non-hydrogen) atoms. The quantitative estimate of drug-likeness (QED) is 0.744. The van der Waals surface area contributed by atoms with Crippen LogP contribution in [0.4, 0.5) is 0 Å². The second-order valence-electron chi connectivity index (χ2n) is 4.14. The minimum atomic E-state index is -3.00. The largest absolute Gasteiger partial charge is 0.355 e. The summed E-state index contributed by atoms with van der Waals surface area (Å²) >= 11 is 0. The van der Waals surface area contributed by atoms with Crippen LogP contribution in [0, 0.1) is 0 Å². The van der Waals surface area contributed by atoms with Crippen LogP contribution in [-0.2, 0) is 19.4 Å². The van der Waals surface area contributed by atoms with E-state index in [9.17, 15) is 18.0 Å². The van der Waals surface area contributed by atoms with E-state index >= 15 is 0 Å². The second-order valence-corrected chi connectivity index (χ2v) is 6.54. The van der Waals surface area contributed by atoms with E-state index in [0.717, 1.165) is 0 Å². The van der Waals surface area contributed by atoms with Gasteiger partial charge in [0.1, 0.15) is 5.78 Å². The van der Waals surface area contributed by atoms with E-state index in [-0.39, 0.29) is 36.8 Å². The van der Waals surface area contributed by atoms with Gasteiger partial charge in [0, 0.05) is 19.4 Å². The van der Waals surface area contributed by atoms with Crippen molar-refractivity contribution in [3.05, 3.63) is 0 Å². The van der Waals surface area contributed by atoms with Gasteiger partial charge in [0.2, 0.25) is 5.91 Å². The van der Waals surface area contributed by atoms with Gasteiger partial charge in [-0.15, -0.1) is 0 Å². The first-order chi connectivity index (χ1) is 7.42. The van der Waals surface area contributed by atoms with Crippen LogP contribution in [0.5, 0.6) is 0 Å². The minimum absolute atomic E-state index is 0.0383. The molecule has 92 valence electrons. The number of carbonyl (C=O) groups excluding carboxylic acids is 2. The van der Waals surface area contributed by atoms with Crippen molar-refractivity contribution in [2.24, 2.45) is 0 Å². The summed E-state index contributed by atoms with van der Waals surface area (Å²) in [5.74, 6) is -0.0676. The van der Waals surface area contributed by atoms with Crippen molar-refractivity contribution in [2.45, 2.75) is 37.9 Å². The predicted octanol–water partition coefficient (Wildman–Crippen LogP) is 0.0490. The van der Waals surface area contributed by atoms with Crippen molar-refractivity contribution in [3.63, 3.8) is 0 Å². The molecule has 0 aromatic heterocycles. The van der Waals surface area contributed by atoms with E-state index in [1.54, 1.807) is 0 Å². The molecular formula is C10H17NO4S. The molecule has 1 rings (SSSR count). The molecule has 6 heteroatoms. The van der Waals surface area contributed by atoms with Gasteiger partial charge in [0.25, 0.3) is 0 Å². The Kier molecular flexibility index (Phi) is 4.46. The summed E-state index contributed by atoms with van der Waals surface area (Å²) in [5.41, 5.74) is 0. The third-order valence-electron chi connectivity index (χ3n) is 2.69. The standard InChI is InChI=1S/C10H17NO4S/c1-8(12)4-5-10(13)11-7-9-3-2-6-16(9,14)15/h9H,2-7H2,1H3,(H,11,13). The lowest BCUT2D eigenvalue weighted by Gasteiger charge is -2.10. The first-order valence-electron chi connectivity index (χ1n) is 5.39. The van der Waals surface area contributed by atoms with Gasteiger partial charge < -0.3 is 10.1 Å². The van der Waals surface area contributed by atoms with Crippen LogP contribution in [-0.4, -0.2) is 37.7 Å². The normalized spacial score (nSPS) is 22.9. The van der Waals surface area contributed by atoms with Crippen molar-refractivity contribution in [1.29, 1.82) is 0 Å². The highest BCUT2D eigenvalue weighted by molar-refractivity contribution is 7.92. The fourth-order valence-corrected chi connectivity index (χ4v) is 3.46. The Morgan fingerprint density at radius 1 is 1.31 bits per heavy atom. The smallest absolute Gasteiger partial charge is 0.220 e. The number of Topliss-reactive ketones (excluding diaryl/α,β-unsaturated/α-hetero) is 1. The zero-order chi connectivity index (χ0) is 12.2. The lowest BCUT2D eigenvalue weighted by Crippen LogP contribution is -2.34. The van der Waals surface area contributed by atoms with E-state index in [1.807, 2.05) is 0 Å². The molecule has 5 nitrogen and oxygen atoms in total. The first kappa shape index (κ1) is 13.2. The summed E-state index contributed by atoms with van der Waals surface area (Å²) in [7, 11) is -3.00. The summed E-state index contributed by atoms with van der Waals surface area (Å²) in [5, 5.41) is 2.13. The molecule has 1 aliphatic heterocycles. The van der Waals surface area contributed by atoms with Gasteiger partial charge in [-0.25, -0.2) is 8.42 Å². The fourth-order valence-electron chi connectivity index (χ4n) is 1.69. The molecule has 1 amide bonds. The van der Waals surface area contributed by atoms with Crippen molar-refractivity contribution in [1.82, 2.24) is 5.32 Å². The van der Waals surface area contributed by atoms with Crippen LogP contribution < -0.4 is 5.32 Å². The van der Waals surface area contributed by atoms with Crippen LogP contribution in [0.15, 0.2) is 0 Å². The summed E-state index contributed by atoms with van der Waals surface area (Å²) in [6.07, 6.45) is 1.65. The minimum Gasteiger partial charge on any atom is -0.355 e. The molecule has 0 aromatic rings. The maximum absolute atomic E-state index is 11.4. The van der Waals surface area contributed by atoms with Gasteiger partial charge in [-0.1, -0.05) is 0 Å². The Bertz CT molecular complexity index is 374. The fraction of sp³-hybridized carbons (Fsp3) is 0.800. The molecule has 1 heterocycles. The van der Waals surface area contributed by atoms with Crippen molar-refractivity contribution < 1.29 is 18.0 Å². The molecule has 1 fully saturated rings. The van der Waals surface area contributed by atoms with Gasteiger partial charge >= 0.3 is 0 Å². The summed E-state index contributed by atoms with van der Waals surface area (Å²) in [6, 6.07) is 0. The molecule has 0 spiro atoms. The predicted molar refractivity (Wildman–Crippen MR) is 59.7 cm³/mol. The van der Waals surface area contributed by atoms with Gasteiger partial charge in [0.05, 0.1) is 11.0 Å². The number of amides is 1. The number of hydrogen-bond donors (Lipinski definition) is 1. The highest BCUT2D eigenvalue weighted by Gasteiger charge is 2.31. The van der Waals surface area contributed by atoms with Crippen LogP contribution in [0.3, 0.4) is 0 Å². The molecule has 1 N–H and O–H groups in total. The Hall–Kier alpha value is -0.910. The Labute approximate surface area is 95.5 Å². The Morgan fingerprint density at radius 2 is 2.00 bits per heavy atom. The lowest BCUT2D eigenvalue weighted by atomic mass is 10.2. The monoisotopic (exact) mass is 247 g/mol. The highest BCUT2D eigenvalue weighted by Crippen LogP contribution is 2.18. The van der Waals surface area contributed by atoms with Crippen molar-refractivity contribution in [3.8, 4) is 0 Å². The maximum atomic E-state index is 11.4. The average molecular weight is 247 g/mol. The molecule has 0 radical (unpaired) electrons. The molecule has 1 aliphatic rings. The number of rotatable bonds is 5. The third kappa shape index (κ3) is 3.92. The molecule has 0 saturated carbocycles. The average Bonchev–Trinajstić information content (AvgIpc) is 2.51.